The van der Waals surface area contributed by atoms with Crippen molar-refractivity contribution in [1.29, 1.82) is 0 Å². The van der Waals surface area contributed by atoms with Crippen LogP contribution >= 0.6 is 0 Å². The van der Waals surface area contributed by atoms with Gasteiger partial charge in [-0.2, -0.15) is 0 Å². The largest absolute Gasteiger partial charge is 0.339 e. The van der Waals surface area contributed by atoms with Crippen LogP contribution in [-0.2, 0) is 0 Å². The van der Waals surface area contributed by atoms with Crippen molar-refractivity contribution in [2.45, 2.75) is 45.1 Å². The molecule has 1 unspecified atom stereocenters. The number of H-pyrrole nitrogens is 1. The van der Waals surface area contributed by atoms with E-state index >= 15 is 0 Å². The number of nitrogens with zero attached hydrogens (tertiary/aromatic N) is 4. The number of benzene rings is 1. The Balaban J connectivity index is 1.43. The van der Waals surface area contributed by atoms with Crippen LogP contribution in [0.4, 0.5) is 4.39 Å². The molecule has 0 amide bonds. The van der Waals surface area contributed by atoms with Gasteiger partial charge >= 0.3 is 0 Å². The van der Waals surface area contributed by atoms with Gasteiger partial charge in [0.15, 0.2) is 5.82 Å². The summed E-state index contributed by atoms with van der Waals surface area (Å²) in [7, 11) is 0. The van der Waals surface area contributed by atoms with E-state index in [4.69, 9.17) is 15.7 Å². The lowest BCUT2D eigenvalue weighted by Crippen LogP contribution is -2.47. The van der Waals surface area contributed by atoms with Gasteiger partial charge in [-0.05, 0) is 72.9 Å². The third kappa shape index (κ3) is 4.19. The fourth-order valence-corrected chi connectivity index (χ4v) is 6.30. The molecule has 0 radical (unpaired) electrons. The number of pyridine rings is 2. The molecule has 5 heterocycles. The summed E-state index contributed by atoms with van der Waals surface area (Å²) < 4.78 is 14.6. The number of hydrogen-bond acceptors (Lipinski definition) is 6. The first-order valence-electron chi connectivity index (χ1n) is 13.8. The summed E-state index contributed by atoms with van der Waals surface area (Å²) in [5.41, 5.74) is 12.8. The maximum atomic E-state index is 14.6. The van der Waals surface area contributed by atoms with E-state index in [2.05, 4.69) is 34.1 Å². The molecule has 0 spiro atoms. The second kappa shape index (κ2) is 9.17. The summed E-state index contributed by atoms with van der Waals surface area (Å²) in [5.74, 6) is 1.05. The number of hydrogen-bond donors (Lipinski definition) is 3. The average molecular weight is 522 g/mol. The Hall–Kier alpha value is -3.75. The zero-order chi connectivity index (χ0) is 26.7. The number of piperidine rings is 1. The number of aromatic nitrogens is 5. The second-order valence-corrected chi connectivity index (χ2v) is 11.7. The van der Waals surface area contributed by atoms with Crippen LogP contribution in [-0.4, -0.2) is 38.0 Å². The van der Waals surface area contributed by atoms with Gasteiger partial charge in [0, 0.05) is 40.8 Å². The second-order valence-electron chi connectivity index (χ2n) is 11.7. The Kier molecular flexibility index (Phi) is 5.72. The fraction of sp³-hybridized carbons (Fsp3) is 0.355. The zero-order valence-corrected chi connectivity index (χ0v) is 22.2. The molecular weight excluding hydrogens is 489 g/mol. The van der Waals surface area contributed by atoms with Crippen LogP contribution in [0.2, 0.25) is 0 Å². The molecule has 4 N–H and O–H groups in total. The van der Waals surface area contributed by atoms with Crippen LogP contribution in [0.1, 0.15) is 56.3 Å². The number of rotatable bonds is 5. The first kappa shape index (κ1) is 24.3. The molecule has 2 aliphatic rings. The van der Waals surface area contributed by atoms with Crippen LogP contribution in [0.25, 0.3) is 44.6 Å². The molecule has 1 saturated heterocycles. The van der Waals surface area contributed by atoms with E-state index in [1.165, 1.54) is 11.6 Å². The molecule has 4 aromatic heterocycles. The lowest BCUT2D eigenvalue weighted by atomic mass is 9.70. The van der Waals surface area contributed by atoms with Crippen molar-refractivity contribution in [3.63, 3.8) is 0 Å². The zero-order valence-electron chi connectivity index (χ0n) is 22.2. The van der Waals surface area contributed by atoms with Gasteiger partial charge in [0.25, 0.3) is 0 Å². The highest BCUT2D eigenvalue weighted by molar-refractivity contribution is 5.96. The van der Waals surface area contributed by atoms with Gasteiger partial charge in [0.1, 0.15) is 11.5 Å². The molecule has 198 valence electrons. The van der Waals surface area contributed by atoms with E-state index in [9.17, 15) is 4.39 Å². The highest BCUT2D eigenvalue weighted by Gasteiger charge is 2.39. The normalized spacial score (nSPS) is 19.9. The standard InChI is InChI=1S/C31H32FN7/c1-31(2)16-34-11-10-22(31)27(33)28-26-21(17-7-8-17)14-35-15-25(26)38-30(39-28)18-9-12-36-29-20(18)13-24(37-29)19-5-3-4-6-23(19)32/h3-6,9,12-15,17,22,27,34H,7-8,10-11,16,33H2,1-2H3,(H,36,37)/t22-,27?/m1/s1. The Labute approximate surface area is 226 Å². The van der Waals surface area contributed by atoms with Gasteiger partial charge in [-0.15, -0.1) is 0 Å². The molecule has 8 heteroatoms. The first-order chi connectivity index (χ1) is 18.9. The first-order valence-corrected chi connectivity index (χ1v) is 13.8. The maximum Gasteiger partial charge on any atom is 0.160 e. The molecule has 0 bridgehead atoms. The van der Waals surface area contributed by atoms with Gasteiger partial charge in [0.05, 0.1) is 29.1 Å². The number of nitrogens with two attached hydrogens (primary N) is 1. The van der Waals surface area contributed by atoms with E-state index in [-0.39, 0.29) is 23.2 Å². The number of aromatic amines is 1. The Morgan fingerprint density at radius 2 is 1.90 bits per heavy atom. The van der Waals surface area contributed by atoms with E-state index in [0.717, 1.165) is 59.9 Å². The van der Waals surface area contributed by atoms with Crippen LogP contribution in [0.15, 0.2) is 55.0 Å². The van der Waals surface area contributed by atoms with Crippen LogP contribution in [0.5, 0.6) is 0 Å². The summed E-state index contributed by atoms with van der Waals surface area (Å²) in [5, 5.41) is 5.43. The van der Waals surface area contributed by atoms with Crippen molar-refractivity contribution >= 4 is 21.9 Å². The predicted molar refractivity (Wildman–Crippen MR) is 151 cm³/mol. The smallest absolute Gasteiger partial charge is 0.160 e. The Morgan fingerprint density at radius 1 is 1.05 bits per heavy atom. The lowest BCUT2D eigenvalue weighted by molar-refractivity contribution is 0.128. The van der Waals surface area contributed by atoms with Gasteiger partial charge in [-0.3, -0.25) is 4.98 Å². The van der Waals surface area contributed by atoms with Crippen molar-refractivity contribution in [1.82, 2.24) is 30.2 Å². The van der Waals surface area contributed by atoms with Gasteiger partial charge < -0.3 is 16.0 Å². The lowest BCUT2D eigenvalue weighted by Gasteiger charge is -2.42. The Bertz CT molecular complexity index is 1700. The van der Waals surface area contributed by atoms with E-state index in [0.29, 0.717) is 28.6 Å². The number of halogens is 1. The third-order valence-corrected chi connectivity index (χ3v) is 8.58. The SMILES string of the molecule is CC1(C)CNCC[C@@H]1C(N)c1nc(-c2ccnc3[nH]c(-c4ccccc4F)cc23)nc2cncc(C3CC3)c12. The highest BCUT2D eigenvalue weighted by Crippen LogP contribution is 2.46. The summed E-state index contributed by atoms with van der Waals surface area (Å²) in [4.78, 5) is 22.6. The van der Waals surface area contributed by atoms with Crippen molar-refractivity contribution in [3.05, 3.63) is 72.1 Å². The molecule has 2 atom stereocenters. The number of fused-ring (bicyclic) bond motifs is 2. The Morgan fingerprint density at radius 3 is 2.69 bits per heavy atom. The topological polar surface area (TPSA) is 105 Å². The minimum absolute atomic E-state index is 0.0289. The molecule has 1 aliphatic carbocycles. The van der Waals surface area contributed by atoms with Crippen molar-refractivity contribution in [3.8, 4) is 22.6 Å². The average Bonchev–Trinajstić information content (AvgIpc) is 3.69. The number of nitrogens with one attached hydrogen (secondary N) is 2. The van der Waals surface area contributed by atoms with Gasteiger partial charge in [-0.1, -0.05) is 26.0 Å². The highest BCUT2D eigenvalue weighted by atomic mass is 19.1. The molecule has 2 fully saturated rings. The van der Waals surface area contributed by atoms with E-state index in [1.807, 2.05) is 30.6 Å². The molecule has 1 saturated carbocycles. The van der Waals surface area contributed by atoms with Crippen molar-refractivity contribution < 1.29 is 4.39 Å². The van der Waals surface area contributed by atoms with Gasteiger partial charge in [0.2, 0.25) is 0 Å². The molecule has 1 aliphatic heterocycles. The fourth-order valence-electron chi connectivity index (χ4n) is 6.30. The van der Waals surface area contributed by atoms with Gasteiger partial charge in [-0.25, -0.2) is 19.3 Å². The molecule has 7 rings (SSSR count). The molecule has 5 aromatic rings. The monoisotopic (exact) mass is 521 g/mol. The maximum absolute atomic E-state index is 14.6. The van der Waals surface area contributed by atoms with Crippen LogP contribution in [0.3, 0.4) is 0 Å². The minimum Gasteiger partial charge on any atom is -0.339 e. The summed E-state index contributed by atoms with van der Waals surface area (Å²) in [6.45, 7) is 6.44. The summed E-state index contributed by atoms with van der Waals surface area (Å²) in [6.07, 6.45) is 8.84. The quantitative estimate of drug-likeness (QED) is 0.266. The van der Waals surface area contributed by atoms with Crippen molar-refractivity contribution in [2.75, 3.05) is 13.1 Å². The van der Waals surface area contributed by atoms with Crippen molar-refractivity contribution in [2.24, 2.45) is 17.1 Å². The molecule has 1 aromatic carbocycles. The molecule has 39 heavy (non-hydrogen) atoms. The van der Waals surface area contributed by atoms with Crippen LogP contribution in [0, 0.1) is 17.2 Å². The minimum atomic E-state index is -0.288. The van der Waals surface area contributed by atoms with E-state index in [1.54, 1.807) is 18.3 Å². The molecular formula is C31H32FN7. The summed E-state index contributed by atoms with van der Waals surface area (Å²) in [6, 6.07) is 10.3. The predicted octanol–water partition coefficient (Wildman–Crippen LogP) is 5.89. The summed E-state index contributed by atoms with van der Waals surface area (Å²) >= 11 is 0. The third-order valence-electron chi connectivity index (χ3n) is 8.58. The van der Waals surface area contributed by atoms with Crippen LogP contribution < -0.4 is 11.1 Å². The van der Waals surface area contributed by atoms with E-state index < -0.39 is 0 Å². The molecule has 7 nitrogen and oxygen atoms in total.